The average molecular weight is 326 g/mol. The maximum atomic E-state index is 10.3. The fourth-order valence-corrected chi connectivity index (χ4v) is 3.24. The summed E-state index contributed by atoms with van der Waals surface area (Å²) in [6.45, 7) is -0.130. The predicted molar refractivity (Wildman–Crippen MR) is 89.0 cm³/mol. The molecule has 0 saturated carbocycles. The molecule has 1 fully saturated rings. The van der Waals surface area contributed by atoms with Crippen molar-refractivity contribution in [2.45, 2.75) is 24.9 Å². The van der Waals surface area contributed by atoms with Crippen LogP contribution < -0.4 is 5.73 Å². The van der Waals surface area contributed by atoms with E-state index < -0.39 is 12.3 Å². The second-order valence-electron chi connectivity index (χ2n) is 5.91. The number of rotatable bonds is 3. The van der Waals surface area contributed by atoms with Crippen LogP contribution in [0.2, 0.25) is 0 Å². The molecule has 124 valence electrons. The molecule has 7 nitrogen and oxygen atoms in total. The molecule has 3 heterocycles. The van der Waals surface area contributed by atoms with E-state index in [0.29, 0.717) is 17.9 Å². The number of aliphatic hydroxyl groups is 2. The van der Waals surface area contributed by atoms with Gasteiger partial charge < -0.3 is 25.3 Å². The van der Waals surface area contributed by atoms with Crippen molar-refractivity contribution in [2.24, 2.45) is 0 Å². The summed E-state index contributed by atoms with van der Waals surface area (Å²) in [5.74, 6) is 0.379. The van der Waals surface area contributed by atoms with Gasteiger partial charge in [0.1, 0.15) is 23.9 Å². The van der Waals surface area contributed by atoms with Crippen LogP contribution in [-0.2, 0) is 4.74 Å². The zero-order valence-electron chi connectivity index (χ0n) is 12.9. The molecule has 1 aliphatic heterocycles. The molecule has 0 amide bonds. The summed E-state index contributed by atoms with van der Waals surface area (Å²) in [7, 11) is 0. The number of aliphatic hydroxyl groups excluding tert-OH is 2. The number of fused-ring (bicyclic) bond motifs is 1. The number of nitrogens with zero attached hydrogens (tertiary/aromatic N) is 3. The Labute approximate surface area is 138 Å². The van der Waals surface area contributed by atoms with E-state index in [9.17, 15) is 10.2 Å². The van der Waals surface area contributed by atoms with Gasteiger partial charge in [-0.1, -0.05) is 30.3 Å². The highest BCUT2D eigenvalue weighted by molar-refractivity contribution is 6.00. The van der Waals surface area contributed by atoms with Crippen molar-refractivity contribution in [1.29, 1.82) is 0 Å². The topological polar surface area (TPSA) is 106 Å². The number of hydrogen-bond acceptors (Lipinski definition) is 6. The third kappa shape index (κ3) is 2.34. The summed E-state index contributed by atoms with van der Waals surface area (Å²) in [6, 6.07) is 9.79. The minimum Gasteiger partial charge on any atom is -0.394 e. The molecule has 0 bridgehead atoms. The molecule has 3 aromatic rings. The van der Waals surface area contributed by atoms with Crippen LogP contribution in [0, 0.1) is 0 Å². The first kappa shape index (κ1) is 15.1. The number of aromatic nitrogens is 3. The van der Waals surface area contributed by atoms with Gasteiger partial charge in [0.05, 0.1) is 18.1 Å². The lowest BCUT2D eigenvalue weighted by Gasteiger charge is -2.17. The van der Waals surface area contributed by atoms with Crippen LogP contribution in [0.15, 0.2) is 42.9 Å². The Kier molecular flexibility index (Phi) is 3.68. The van der Waals surface area contributed by atoms with E-state index in [1.807, 2.05) is 36.5 Å². The van der Waals surface area contributed by atoms with Gasteiger partial charge in [0.25, 0.3) is 0 Å². The largest absolute Gasteiger partial charge is 0.394 e. The first-order valence-corrected chi connectivity index (χ1v) is 7.80. The summed E-state index contributed by atoms with van der Waals surface area (Å²) in [5, 5.41) is 20.3. The van der Waals surface area contributed by atoms with Gasteiger partial charge >= 0.3 is 0 Å². The standard InChI is InChI=1S/C17H18N4O3/c18-15-14-12(10-4-2-1-3-5-10)7-21(16(14)20-9-19-15)17-13(23)6-11(8-22)24-17/h1-5,7,9,11,13,17,22-23H,6,8H2,(H2,18,19,20)/t11-,13+,17?/m0/s1. The zero-order chi connectivity index (χ0) is 16.7. The first-order chi connectivity index (χ1) is 11.7. The number of nitrogen functional groups attached to an aromatic ring is 1. The fraction of sp³-hybridized carbons (Fsp3) is 0.294. The zero-order valence-corrected chi connectivity index (χ0v) is 12.9. The molecule has 1 aromatic carbocycles. The van der Waals surface area contributed by atoms with Crippen LogP contribution >= 0.6 is 0 Å². The van der Waals surface area contributed by atoms with Gasteiger partial charge in [-0.05, 0) is 5.56 Å². The van der Waals surface area contributed by atoms with E-state index in [1.165, 1.54) is 6.33 Å². The van der Waals surface area contributed by atoms with Gasteiger partial charge in [-0.2, -0.15) is 0 Å². The SMILES string of the molecule is Nc1ncnc2c1c(-c1ccccc1)cn2C1O[C@H](CO)C[C@H]1O. The van der Waals surface area contributed by atoms with E-state index in [4.69, 9.17) is 10.5 Å². The summed E-state index contributed by atoms with van der Waals surface area (Å²) >= 11 is 0. The van der Waals surface area contributed by atoms with E-state index in [1.54, 1.807) is 4.57 Å². The summed E-state index contributed by atoms with van der Waals surface area (Å²) < 4.78 is 7.54. The van der Waals surface area contributed by atoms with Crippen molar-refractivity contribution >= 4 is 16.9 Å². The van der Waals surface area contributed by atoms with Crippen LogP contribution in [0.1, 0.15) is 12.6 Å². The van der Waals surface area contributed by atoms with Gasteiger partial charge in [-0.3, -0.25) is 0 Å². The molecule has 1 aliphatic rings. The molecule has 2 aromatic heterocycles. The second-order valence-corrected chi connectivity index (χ2v) is 5.91. The van der Waals surface area contributed by atoms with Gasteiger partial charge in [0, 0.05) is 18.2 Å². The maximum absolute atomic E-state index is 10.3. The summed E-state index contributed by atoms with van der Waals surface area (Å²) in [4.78, 5) is 8.43. The molecular formula is C17H18N4O3. The Morgan fingerprint density at radius 1 is 1.25 bits per heavy atom. The third-order valence-corrected chi connectivity index (χ3v) is 4.37. The molecule has 0 spiro atoms. The van der Waals surface area contributed by atoms with Crippen LogP contribution in [0.5, 0.6) is 0 Å². The van der Waals surface area contributed by atoms with Crippen LogP contribution in [0.3, 0.4) is 0 Å². The van der Waals surface area contributed by atoms with E-state index in [2.05, 4.69) is 9.97 Å². The number of ether oxygens (including phenoxy) is 1. The monoisotopic (exact) mass is 326 g/mol. The second kappa shape index (κ2) is 5.86. The first-order valence-electron chi connectivity index (χ1n) is 7.80. The Morgan fingerprint density at radius 2 is 2.04 bits per heavy atom. The molecular weight excluding hydrogens is 308 g/mol. The Hall–Kier alpha value is -2.48. The van der Waals surface area contributed by atoms with Crippen LogP contribution in [0.25, 0.3) is 22.2 Å². The van der Waals surface area contributed by atoms with Crippen molar-refractivity contribution in [1.82, 2.24) is 14.5 Å². The van der Waals surface area contributed by atoms with Crippen molar-refractivity contribution in [3.63, 3.8) is 0 Å². The summed E-state index contributed by atoms with van der Waals surface area (Å²) in [5.41, 5.74) is 8.55. The quantitative estimate of drug-likeness (QED) is 0.670. The van der Waals surface area contributed by atoms with Crippen molar-refractivity contribution in [3.8, 4) is 11.1 Å². The molecule has 0 radical (unpaired) electrons. The third-order valence-electron chi connectivity index (χ3n) is 4.37. The van der Waals surface area contributed by atoms with Crippen molar-refractivity contribution < 1.29 is 14.9 Å². The van der Waals surface area contributed by atoms with Gasteiger partial charge in [0.15, 0.2) is 6.23 Å². The predicted octanol–water partition coefficient (Wildman–Crippen LogP) is 1.32. The van der Waals surface area contributed by atoms with Gasteiger partial charge in [0.2, 0.25) is 0 Å². The fourth-order valence-electron chi connectivity index (χ4n) is 3.24. The maximum Gasteiger partial charge on any atom is 0.161 e. The Morgan fingerprint density at radius 3 is 2.75 bits per heavy atom. The minimum absolute atomic E-state index is 0.130. The normalized spacial score (nSPS) is 23.8. The van der Waals surface area contributed by atoms with Gasteiger partial charge in [-0.25, -0.2) is 9.97 Å². The molecule has 1 unspecified atom stereocenters. The van der Waals surface area contributed by atoms with Gasteiger partial charge in [-0.15, -0.1) is 0 Å². The average Bonchev–Trinajstić information content (AvgIpc) is 3.17. The number of anilines is 1. The highest BCUT2D eigenvalue weighted by atomic mass is 16.5. The lowest BCUT2D eigenvalue weighted by molar-refractivity contribution is -0.0483. The summed E-state index contributed by atoms with van der Waals surface area (Å²) in [6.07, 6.45) is 1.92. The van der Waals surface area contributed by atoms with E-state index in [-0.39, 0.29) is 12.7 Å². The van der Waals surface area contributed by atoms with Crippen LogP contribution in [-0.4, -0.2) is 43.6 Å². The van der Waals surface area contributed by atoms with E-state index in [0.717, 1.165) is 16.5 Å². The number of hydrogen-bond donors (Lipinski definition) is 3. The molecule has 24 heavy (non-hydrogen) atoms. The molecule has 1 saturated heterocycles. The van der Waals surface area contributed by atoms with Crippen molar-refractivity contribution in [3.05, 3.63) is 42.9 Å². The number of nitrogens with two attached hydrogens (primary N) is 1. The Bertz CT molecular complexity index is 865. The Balaban J connectivity index is 1.90. The van der Waals surface area contributed by atoms with Crippen LogP contribution in [0.4, 0.5) is 5.82 Å². The molecule has 4 rings (SSSR count). The highest BCUT2D eigenvalue weighted by Crippen LogP contribution is 2.37. The minimum atomic E-state index is -0.724. The smallest absolute Gasteiger partial charge is 0.161 e. The lowest BCUT2D eigenvalue weighted by atomic mass is 10.1. The molecule has 0 aliphatic carbocycles. The van der Waals surface area contributed by atoms with E-state index >= 15 is 0 Å². The molecule has 7 heteroatoms. The lowest BCUT2D eigenvalue weighted by Crippen LogP contribution is -2.19. The molecule has 3 atom stereocenters. The number of benzene rings is 1. The highest BCUT2D eigenvalue weighted by Gasteiger charge is 2.36. The molecule has 4 N–H and O–H groups in total. The van der Waals surface area contributed by atoms with Crippen molar-refractivity contribution in [2.75, 3.05) is 12.3 Å².